The summed E-state index contributed by atoms with van der Waals surface area (Å²) in [5.41, 5.74) is 0.922. The van der Waals surface area contributed by atoms with Crippen LogP contribution in [0.4, 0.5) is 4.39 Å². The second kappa shape index (κ2) is 5.83. The van der Waals surface area contributed by atoms with Crippen molar-refractivity contribution in [1.29, 1.82) is 0 Å². The lowest BCUT2D eigenvalue weighted by Gasteiger charge is -2.13. The van der Waals surface area contributed by atoms with Crippen LogP contribution in [-0.2, 0) is 6.42 Å². The quantitative estimate of drug-likeness (QED) is 0.815. The summed E-state index contributed by atoms with van der Waals surface area (Å²) in [5.74, 6) is 0.216. The molecule has 3 heteroatoms. The molecule has 1 N–H and O–H groups in total. The maximum absolute atomic E-state index is 13.3. The highest BCUT2D eigenvalue weighted by atomic mass is 35.5. The van der Waals surface area contributed by atoms with Crippen LogP contribution in [0.2, 0.25) is 5.02 Å². The minimum atomic E-state index is -0.313. The summed E-state index contributed by atoms with van der Waals surface area (Å²) >= 11 is 5.94. The summed E-state index contributed by atoms with van der Waals surface area (Å²) in [6.45, 7) is 3.24. The van der Waals surface area contributed by atoms with Crippen molar-refractivity contribution >= 4 is 11.6 Å². The van der Waals surface area contributed by atoms with Crippen molar-refractivity contribution in [3.05, 3.63) is 34.6 Å². The Balaban J connectivity index is 1.79. The van der Waals surface area contributed by atoms with Gasteiger partial charge in [-0.3, -0.25) is 0 Å². The second-order valence-corrected chi connectivity index (χ2v) is 5.42. The molecular weight excluding hydrogens is 237 g/mol. The van der Waals surface area contributed by atoms with Crippen molar-refractivity contribution in [3.63, 3.8) is 0 Å². The van der Waals surface area contributed by atoms with Gasteiger partial charge < -0.3 is 5.32 Å². The molecular formula is C14H19ClFN. The Morgan fingerprint density at radius 2 is 2.24 bits per heavy atom. The molecule has 1 atom stereocenters. The Morgan fingerprint density at radius 3 is 2.94 bits per heavy atom. The number of hydrogen-bond acceptors (Lipinski definition) is 1. The molecule has 1 nitrogen and oxygen atoms in total. The molecule has 0 spiro atoms. The van der Waals surface area contributed by atoms with Gasteiger partial charge in [-0.1, -0.05) is 30.7 Å². The fourth-order valence-corrected chi connectivity index (χ4v) is 2.21. The minimum absolute atomic E-state index is 0.287. The van der Waals surface area contributed by atoms with Gasteiger partial charge in [-0.05, 0) is 49.8 Å². The zero-order chi connectivity index (χ0) is 12.3. The Bertz CT molecular complexity index is 376. The highest BCUT2D eigenvalue weighted by molar-refractivity contribution is 6.31. The smallest absolute Gasteiger partial charge is 0.142 e. The Kier molecular flexibility index (Phi) is 4.41. The molecule has 0 bridgehead atoms. The third kappa shape index (κ3) is 3.97. The Hall–Kier alpha value is -0.600. The van der Waals surface area contributed by atoms with Crippen LogP contribution in [0.25, 0.3) is 0 Å². The number of halogens is 2. The molecule has 0 radical (unpaired) electrons. The van der Waals surface area contributed by atoms with E-state index in [9.17, 15) is 4.39 Å². The van der Waals surface area contributed by atoms with Crippen LogP contribution in [0.1, 0.15) is 31.7 Å². The van der Waals surface area contributed by atoms with Crippen molar-refractivity contribution < 1.29 is 4.39 Å². The summed E-state index contributed by atoms with van der Waals surface area (Å²) in [7, 11) is 0. The maximum atomic E-state index is 13.3. The van der Waals surface area contributed by atoms with E-state index >= 15 is 0 Å². The van der Waals surface area contributed by atoms with E-state index in [2.05, 4.69) is 12.2 Å². The molecule has 1 aliphatic carbocycles. The molecule has 17 heavy (non-hydrogen) atoms. The van der Waals surface area contributed by atoms with Crippen molar-refractivity contribution in [2.45, 2.75) is 38.6 Å². The van der Waals surface area contributed by atoms with E-state index in [4.69, 9.17) is 11.6 Å². The predicted molar refractivity (Wildman–Crippen MR) is 69.9 cm³/mol. The minimum Gasteiger partial charge on any atom is -0.314 e. The van der Waals surface area contributed by atoms with Crippen molar-refractivity contribution in [3.8, 4) is 0 Å². The van der Waals surface area contributed by atoms with Crippen LogP contribution < -0.4 is 5.32 Å². The zero-order valence-corrected chi connectivity index (χ0v) is 10.9. The summed E-state index contributed by atoms with van der Waals surface area (Å²) in [5, 5.41) is 3.78. The van der Waals surface area contributed by atoms with Gasteiger partial charge in [-0.2, -0.15) is 0 Å². The van der Waals surface area contributed by atoms with Gasteiger partial charge in [0, 0.05) is 6.04 Å². The molecule has 0 aromatic heterocycles. The average molecular weight is 256 g/mol. The largest absolute Gasteiger partial charge is 0.314 e. The standard InChI is InChI=1S/C14H19ClFN/c1-10(7-8-17-12-5-6-12)9-11-3-2-4-13(16)14(11)15/h2-4,10,12,17H,5-9H2,1H3. The molecule has 0 heterocycles. The van der Waals surface area contributed by atoms with Gasteiger partial charge in [0.2, 0.25) is 0 Å². The van der Waals surface area contributed by atoms with Gasteiger partial charge in [-0.25, -0.2) is 4.39 Å². The van der Waals surface area contributed by atoms with E-state index in [1.807, 2.05) is 6.07 Å². The molecule has 2 rings (SSSR count). The molecule has 1 unspecified atom stereocenters. The van der Waals surface area contributed by atoms with Crippen LogP contribution in [-0.4, -0.2) is 12.6 Å². The van der Waals surface area contributed by atoms with Gasteiger partial charge in [-0.15, -0.1) is 0 Å². The van der Waals surface area contributed by atoms with Gasteiger partial charge in [0.1, 0.15) is 5.82 Å². The highest BCUT2D eigenvalue weighted by Crippen LogP contribution is 2.23. The molecule has 94 valence electrons. The van der Waals surface area contributed by atoms with E-state index in [0.717, 1.165) is 31.0 Å². The Morgan fingerprint density at radius 1 is 1.47 bits per heavy atom. The lowest BCUT2D eigenvalue weighted by Crippen LogP contribution is -2.20. The topological polar surface area (TPSA) is 12.0 Å². The third-order valence-corrected chi connectivity index (χ3v) is 3.67. The predicted octanol–water partition coefficient (Wildman–Crippen LogP) is 3.80. The van der Waals surface area contributed by atoms with Gasteiger partial charge >= 0.3 is 0 Å². The molecule has 0 aliphatic heterocycles. The first-order valence-electron chi connectivity index (χ1n) is 6.33. The summed E-state index contributed by atoms with van der Waals surface area (Å²) < 4.78 is 13.3. The Labute approximate surface area is 107 Å². The maximum Gasteiger partial charge on any atom is 0.142 e. The summed E-state index contributed by atoms with van der Waals surface area (Å²) in [6.07, 6.45) is 4.61. The summed E-state index contributed by atoms with van der Waals surface area (Å²) in [6, 6.07) is 5.81. The lowest BCUT2D eigenvalue weighted by molar-refractivity contribution is 0.496. The molecule has 1 aromatic rings. The van der Waals surface area contributed by atoms with Crippen LogP contribution in [0.5, 0.6) is 0 Å². The number of nitrogens with one attached hydrogen (secondary N) is 1. The van der Waals surface area contributed by atoms with E-state index in [0.29, 0.717) is 5.92 Å². The van der Waals surface area contributed by atoms with Crippen molar-refractivity contribution in [2.24, 2.45) is 5.92 Å². The average Bonchev–Trinajstić information content (AvgIpc) is 3.09. The molecule has 0 amide bonds. The monoisotopic (exact) mass is 255 g/mol. The first kappa shape index (κ1) is 12.8. The van der Waals surface area contributed by atoms with Gasteiger partial charge in [0.15, 0.2) is 0 Å². The SMILES string of the molecule is CC(CCNC1CC1)Cc1cccc(F)c1Cl. The van der Waals surface area contributed by atoms with E-state index in [1.54, 1.807) is 6.07 Å². The van der Waals surface area contributed by atoms with Crippen molar-refractivity contribution in [1.82, 2.24) is 5.32 Å². The van der Waals surface area contributed by atoms with Crippen LogP contribution >= 0.6 is 11.6 Å². The normalized spacial score (nSPS) is 17.1. The molecule has 0 saturated heterocycles. The van der Waals surface area contributed by atoms with Crippen LogP contribution in [0.15, 0.2) is 18.2 Å². The number of rotatable bonds is 6. The fourth-order valence-electron chi connectivity index (χ4n) is 2.00. The number of benzene rings is 1. The number of hydrogen-bond donors (Lipinski definition) is 1. The third-order valence-electron chi connectivity index (χ3n) is 3.25. The van der Waals surface area contributed by atoms with E-state index in [1.165, 1.54) is 18.9 Å². The van der Waals surface area contributed by atoms with Gasteiger partial charge in [0.25, 0.3) is 0 Å². The second-order valence-electron chi connectivity index (χ2n) is 5.04. The fraction of sp³-hybridized carbons (Fsp3) is 0.571. The van der Waals surface area contributed by atoms with Gasteiger partial charge in [0.05, 0.1) is 5.02 Å². The molecule has 1 aromatic carbocycles. The van der Waals surface area contributed by atoms with Crippen LogP contribution in [0.3, 0.4) is 0 Å². The zero-order valence-electron chi connectivity index (χ0n) is 10.2. The van der Waals surface area contributed by atoms with Crippen LogP contribution in [0, 0.1) is 11.7 Å². The summed E-state index contributed by atoms with van der Waals surface area (Å²) in [4.78, 5) is 0. The molecule has 1 fully saturated rings. The van der Waals surface area contributed by atoms with E-state index < -0.39 is 0 Å². The first-order valence-corrected chi connectivity index (χ1v) is 6.71. The molecule has 1 saturated carbocycles. The first-order chi connectivity index (χ1) is 8.16. The highest BCUT2D eigenvalue weighted by Gasteiger charge is 2.20. The lowest BCUT2D eigenvalue weighted by atomic mass is 9.98. The van der Waals surface area contributed by atoms with Crippen molar-refractivity contribution in [2.75, 3.05) is 6.54 Å². The molecule has 1 aliphatic rings. The van der Waals surface area contributed by atoms with E-state index in [-0.39, 0.29) is 10.8 Å².